The van der Waals surface area contributed by atoms with Gasteiger partial charge in [-0.3, -0.25) is 4.79 Å². The number of aromatic nitrogens is 1. The molecule has 1 N–H and O–H groups in total. The van der Waals surface area contributed by atoms with Crippen LogP contribution in [0, 0.1) is 6.92 Å². The Balaban J connectivity index is 1.50. The number of nitrogens with zero attached hydrogens (tertiary/aromatic N) is 1. The van der Waals surface area contributed by atoms with Crippen molar-refractivity contribution in [3.63, 3.8) is 0 Å². The van der Waals surface area contributed by atoms with Gasteiger partial charge in [0.15, 0.2) is 0 Å². The average molecular weight is 353 g/mol. The fourth-order valence-electron chi connectivity index (χ4n) is 3.83. The van der Waals surface area contributed by atoms with E-state index in [1.807, 2.05) is 54.3 Å². The summed E-state index contributed by atoms with van der Waals surface area (Å²) < 4.78 is 0. The fraction of sp³-hybridized carbons (Fsp3) is 0.286. The van der Waals surface area contributed by atoms with Gasteiger partial charge in [-0.2, -0.15) is 0 Å². The number of H-pyrrole nitrogens is 1. The van der Waals surface area contributed by atoms with E-state index in [0.717, 1.165) is 47.6 Å². The van der Waals surface area contributed by atoms with Gasteiger partial charge in [-0.1, -0.05) is 29.8 Å². The van der Waals surface area contributed by atoms with E-state index in [4.69, 9.17) is 11.6 Å². The van der Waals surface area contributed by atoms with Crippen LogP contribution in [0.3, 0.4) is 0 Å². The van der Waals surface area contributed by atoms with E-state index in [0.29, 0.717) is 5.92 Å². The van der Waals surface area contributed by atoms with Crippen LogP contribution in [0.4, 0.5) is 0 Å². The normalized spacial score (nSPS) is 15.7. The molecule has 0 saturated carbocycles. The van der Waals surface area contributed by atoms with Crippen LogP contribution in [0.25, 0.3) is 10.9 Å². The van der Waals surface area contributed by atoms with E-state index in [-0.39, 0.29) is 5.91 Å². The quantitative estimate of drug-likeness (QED) is 0.680. The van der Waals surface area contributed by atoms with Crippen LogP contribution in [-0.4, -0.2) is 28.9 Å². The molecule has 1 fully saturated rings. The van der Waals surface area contributed by atoms with Gasteiger partial charge in [-0.25, -0.2) is 0 Å². The van der Waals surface area contributed by atoms with Crippen LogP contribution in [0.15, 0.2) is 48.7 Å². The highest BCUT2D eigenvalue weighted by Gasteiger charge is 2.26. The molecule has 0 unspecified atom stereocenters. The number of rotatable bonds is 2. The molecule has 3 aromatic rings. The fourth-order valence-corrected chi connectivity index (χ4v) is 4.00. The van der Waals surface area contributed by atoms with Crippen molar-refractivity contribution >= 4 is 28.4 Å². The lowest BCUT2D eigenvalue weighted by Gasteiger charge is -2.32. The van der Waals surface area contributed by atoms with Crippen LogP contribution in [0.1, 0.15) is 40.2 Å². The first-order valence-corrected chi connectivity index (χ1v) is 9.13. The van der Waals surface area contributed by atoms with Crippen molar-refractivity contribution in [3.8, 4) is 0 Å². The van der Waals surface area contributed by atoms with E-state index in [2.05, 4.69) is 11.2 Å². The zero-order chi connectivity index (χ0) is 17.4. The van der Waals surface area contributed by atoms with Crippen LogP contribution in [-0.2, 0) is 0 Å². The number of halogens is 1. The number of aryl methyl sites for hydroxylation is 1. The third kappa shape index (κ3) is 3.05. The van der Waals surface area contributed by atoms with Crippen molar-refractivity contribution in [3.05, 3.63) is 70.4 Å². The Morgan fingerprint density at radius 3 is 2.68 bits per heavy atom. The Morgan fingerprint density at radius 2 is 1.92 bits per heavy atom. The molecule has 1 saturated heterocycles. The van der Waals surface area contributed by atoms with Crippen molar-refractivity contribution in [1.29, 1.82) is 0 Å². The minimum atomic E-state index is 0.151. The van der Waals surface area contributed by atoms with E-state index in [9.17, 15) is 4.79 Å². The number of benzene rings is 2. The molecule has 0 bridgehead atoms. The Hall–Kier alpha value is -2.26. The maximum absolute atomic E-state index is 12.8. The number of aromatic amines is 1. The lowest BCUT2D eigenvalue weighted by atomic mass is 9.89. The zero-order valence-corrected chi connectivity index (χ0v) is 15.0. The number of hydrogen-bond acceptors (Lipinski definition) is 1. The van der Waals surface area contributed by atoms with E-state index < -0.39 is 0 Å². The average Bonchev–Trinajstić information content (AvgIpc) is 3.05. The van der Waals surface area contributed by atoms with E-state index >= 15 is 0 Å². The van der Waals surface area contributed by atoms with Gasteiger partial charge in [0.25, 0.3) is 5.91 Å². The van der Waals surface area contributed by atoms with Crippen LogP contribution >= 0.6 is 11.6 Å². The molecule has 2 aromatic carbocycles. The van der Waals surface area contributed by atoms with Crippen molar-refractivity contribution in [2.45, 2.75) is 25.7 Å². The number of nitrogens with one attached hydrogen (secondary N) is 1. The molecule has 2 heterocycles. The smallest absolute Gasteiger partial charge is 0.254 e. The molecule has 4 rings (SSSR count). The van der Waals surface area contributed by atoms with E-state index in [1.54, 1.807) is 0 Å². The predicted octanol–water partition coefficient (Wildman–Crippen LogP) is 5.15. The first kappa shape index (κ1) is 16.2. The number of hydrogen-bond donors (Lipinski definition) is 1. The highest BCUT2D eigenvalue weighted by Crippen LogP contribution is 2.34. The molecule has 3 nitrogen and oxygen atoms in total. The van der Waals surface area contributed by atoms with Crippen molar-refractivity contribution in [2.24, 2.45) is 0 Å². The van der Waals surface area contributed by atoms with E-state index in [1.165, 1.54) is 10.9 Å². The van der Waals surface area contributed by atoms with Crippen LogP contribution < -0.4 is 0 Å². The Bertz CT molecular complexity index is 923. The second-order valence-electron chi connectivity index (χ2n) is 6.82. The van der Waals surface area contributed by atoms with Gasteiger partial charge in [0.05, 0.1) is 0 Å². The van der Waals surface area contributed by atoms with Gasteiger partial charge < -0.3 is 9.88 Å². The summed E-state index contributed by atoms with van der Waals surface area (Å²) in [5, 5.41) is 1.97. The van der Waals surface area contributed by atoms with Crippen LogP contribution in [0.2, 0.25) is 5.02 Å². The highest BCUT2D eigenvalue weighted by atomic mass is 35.5. The van der Waals surface area contributed by atoms with Gasteiger partial charge in [0.1, 0.15) is 0 Å². The molecule has 0 aliphatic carbocycles. The third-order valence-electron chi connectivity index (χ3n) is 5.27. The van der Waals surface area contributed by atoms with Crippen molar-refractivity contribution in [2.75, 3.05) is 13.1 Å². The largest absolute Gasteiger partial charge is 0.361 e. The lowest BCUT2D eigenvalue weighted by molar-refractivity contribution is 0.0712. The Kier molecular flexibility index (Phi) is 4.26. The molecule has 0 spiro atoms. The molecule has 4 heteroatoms. The zero-order valence-electron chi connectivity index (χ0n) is 14.3. The number of fused-ring (bicyclic) bond motifs is 1. The maximum atomic E-state index is 12.8. The molecule has 25 heavy (non-hydrogen) atoms. The van der Waals surface area contributed by atoms with Crippen molar-refractivity contribution in [1.82, 2.24) is 9.88 Å². The summed E-state index contributed by atoms with van der Waals surface area (Å²) in [6.45, 7) is 3.59. The Morgan fingerprint density at radius 1 is 1.16 bits per heavy atom. The summed E-state index contributed by atoms with van der Waals surface area (Å²) in [4.78, 5) is 18.1. The summed E-state index contributed by atoms with van der Waals surface area (Å²) in [5.74, 6) is 0.617. The molecule has 1 aromatic heterocycles. The highest BCUT2D eigenvalue weighted by molar-refractivity contribution is 6.31. The summed E-state index contributed by atoms with van der Waals surface area (Å²) in [5.41, 5.74) is 4.30. The summed E-state index contributed by atoms with van der Waals surface area (Å²) in [7, 11) is 0. The molecular weight excluding hydrogens is 332 g/mol. The molecule has 1 aliphatic rings. The number of piperidine rings is 1. The number of carbonyl (C=O) groups excluding carboxylic acids is 1. The van der Waals surface area contributed by atoms with Gasteiger partial charge >= 0.3 is 0 Å². The molecule has 0 radical (unpaired) electrons. The molecule has 128 valence electrons. The monoisotopic (exact) mass is 352 g/mol. The minimum Gasteiger partial charge on any atom is -0.361 e. The maximum Gasteiger partial charge on any atom is 0.254 e. The SMILES string of the molecule is Cc1ccccc1C(=O)N1CCC(c2c[nH]c3ccc(Cl)cc23)CC1. The van der Waals surface area contributed by atoms with Gasteiger partial charge in [0, 0.05) is 40.8 Å². The second-order valence-corrected chi connectivity index (χ2v) is 7.25. The molecule has 1 amide bonds. The minimum absolute atomic E-state index is 0.151. The first-order chi connectivity index (χ1) is 12.1. The van der Waals surface area contributed by atoms with Crippen LogP contribution in [0.5, 0.6) is 0 Å². The lowest BCUT2D eigenvalue weighted by Crippen LogP contribution is -2.38. The first-order valence-electron chi connectivity index (χ1n) is 8.75. The van der Waals surface area contributed by atoms with Crippen molar-refractivity contribution < 1.29 is 4.79 Å². The number of likely N-dealkylation sites (tertiary alicyclic amines) is 1. The van der Waals surface area contributed by atoms with Gasteiger partial charge in [-0.15, -0.1) is 0 Å². The molecule has 0 atom stereocenters. The Labute approximate surface area is 152 Å². The summed E-state index contributed by atoms with van der Waals surface area (Å²) in [6, 6.07) is 13.8. The predicted molar refractivity (Wildman–Crippen MR) is 102 cm³/mol. The molecule has 1 aliphatic heterocycles. The van der Waals surface area contributed by atoms with Gasteiger partial charge in [-0.05, 0) is 61.1 Å². The van der Waals surface area contributed by atoms with Gasteiger partial charge in [0.2, 0.25) is 0 Å². The standard InChI is InChI=1S/C21H21ClN2O/c1-14-4-2-3-5-17(14)21(25)24-10-8-15(9-11-24)19-13-23-20-7-6-16(22)12-18(19)20/h2-7,12-13,15,23H,8-11H2,1H3. The third-order valence-corrected chi connectivity index (χ3v) is 5.51. The summed E-state index contributed by atoms with van der Waals surface area (Å²) >= 11 is 6.17. The number of carbonyl (C=O) groups is 1. The molecular formula is C21H21ClN2O. The summed E-state index contributed by atoms with van der Waals surface area (Å²) in [6.07, 6.45) is 4.07. The number of amides is 1. The topological polar surface area (TPSA) is 36.1 Å². The second kappa shape index (κ2) is 6.57.